The van der Waals surface area contributed by atoms with Gasteiger partial charge in [0.2, 0.25) is 0 Å². The lowest BCUT2D eigenvalue weighted by Crippen LogP contribution is -2.24. The molecule has 0 aliphatic carbocycles. The Bertz CT molecular complexity index is 278. The van der Waals surface area contributed by atoms with Crippen molar-refractivity contribution < 1.29 is 0 Å². The van der Waals surface area contributed by atoms with Gasteiger partial charge in [-0.05, 0) is 13.3 Å². The smallest absolute Gasteiger partial charge is 0.0538 e. The maximum Gasteiger partial charge on any atom is 0.0538 e. The molecule has 0 aliphatic heterocycles. The largest absolute Gasteiger partial charge is 0.310 e. The number of nitrogens with zero attached hydrogens (tertiary/aromatic N) is 2. The fourth-order valence-corrected chi connectivity index (χ4v) is 1.40. The molecule has 1 atom stereocenters. The van der Waals surface area contributed by atoms with E-state index in [1.54, 1.807) is 10.9 Å². The average molecular weight is 193 g/mol. The summed E-state index contributed by atoms with van der Waals surface area (Å²) in [7, 11) is 0. The minimum Gasteiger partial charge on any atom is -0.310 e. The van der Waals surface area contributed by atoms with E-state index < -0.39 is 0 Å². The van der Waals surface area contributed by atoms with Crippen LogP contribution in [0.25, 0.3) is 6.20 Å². The highest BCUT2D eigenvalue weighted by Crippen LogP contribution is 2.00. The van der Waals surface area contributed by atoms with Gasteiger partial charge >= 0.3 is 0 Å². The van der Waals surface area contributed by atoms with Gasteiger partial charge in [0.15, 0.2) is 0 Å². The van der Waals surface area contributed by atoms with Crippen LogP contribution in [0.1, 0.15) is 32.3 Å². The van der Waals surface area contributed by atoms with Gasteiger partial charge in [-0.3, -0.25) is 0 Å². The maximum absolute atomic E-state index is 4.12. The first-order valence-corrected chi connectivity index (χ1v) is 5.15. The van der Waals surface area contributed by atoms with E-state index in [2.05, 4.69) is 30.8 Å². The molecule has 14 heavy (non-hydrogen) atoms. The minimum atomic E-state index is 0.576. The van der Waals surface area contributed by atoms with Gasteiger partial charge in [-0.25, -0.2) is 4.68 Å². The van der Waals surface area contributed by atoms with E-state index in [1.165, 1.54) is 18.4 Å². The SMILES string of the molecule is C=Cn1cc(CNC(C)CCC)cn1. The van der Waals surface area contributed by atoms with Gasteiger partial charge in [-0.1, -0.05) is 19.9 Å². The van der Waals surface area contributed by atoms with Gasteiger partial charge in [0.25, 0.3) is 0 Å². The Morgan fingerprint density at radius 1 is 1.71 bits per heavy atom. The Kier molecular flexibility index (Phi) is 4.40. The number of hydrogen-bond acceptors (Lipinski definition) is 2. The molecule has 0 aliphatic rings. The quantitative estimate of drug-likeness (QED) is 0.751. The predicted octanol–water partition coefficient (Wildman–Crippen LogP) is 2.26. The highest BCUT2D eigenvalue weighted by molar-refractivity contribution is 5.17. The molecule has 0 amide bonds. The van der Waals surface area contributed by atoms with Crippen LogP contribution < -0.4 is 5.32 Å². The molecule has 3 heteroatoms. The van der Waals surface area contributed by atoms with Crippen LogP contribution in [0.4, 0.5) is 0 Å². The summed E-state index contributed by atoms with van der Waals surface area (Å²) in [6.45, 7) is 8.94. The van der Waals surface area contributed by atoms with Crippen molar-refractivity contribution in [1.29, 1.82) is 0 Å². The van der Waals surface area contributed by atoms with Gasteiger partial charge in [0.1, 0.15) is 0 Å². The van der Waals surface area contributed by atoms with Gasteiger partial charge in [-0.2, -0.15) is 5.10 Å². The van der Waals surface area contributed by atoms with Crippen molar-refractivity contribution in [3.05, 3.63) is 24.5 Å². The highest BCUT2D eigenvalue weighted by Gasteiger charge is 2.00. The Morgan fingerprint density at radius 3 is 3.07 bits per heavy atom. The van der Waals surface area contributed by atoms with Crippen LogP contribution in [0.2, 0.25) is 0 Å². The first-order valence-electron chi connectivity index (χ1n) is 5.15. The van der Waals surface area contributed by atoms with Crippen LogP contribution in [0, 0.1) is 0 Å². The van der Waals surface area contributed by atoms with Crippen LogP contribution in [0.3, 0.4) is 0 Å². The van der Waals surface area contributed by atoms with Crippen molar-refractivity contribution in [3.63, 3.8) is 0 Å². The van der Waals surface area contributed by atoms with Gasteiger partial charge < -0.3 is 5.32 Å². The fraction of sp³-hybridized carbons (Fsp3) is 0.545. The second kappa shape index (κ2) is 5.60. The second-order valence-corrected chi connectivity index (χ2v) is 3.58. The molecule has 1 heterocycles. The summed E-state index contributed by atoms with van der Waals surface area (Å²) in [5.74, 6) is 0. The topological polar surface area (TPSA) is 29.9 Å². The molecule has 1 unspecified atom stereocenters. The van der Waals surface area contributed by atoms with Crippen LogP contribution in [-0.4, -0.2) is 15.8 Å². The zero-order valence-electron chi connectivity index (χ0n) is 9.03. The summed E-state index contributed by atoms with van der Waals surface area (Å²) in [5, 5.41) is 7.57. The van der Waals surface area contributed by atoms with E-state index in [1.807, 2.05) is 12.4 Å². The molecule has 1 aromatic heterocycles. The lowest BCUT2D eigenvalue weighted by atomic mass is 10.2. The standard InChI is InChI=1S/C11H19N3/c1-4-6-10(3)12-7-11-8-13-14(5-2)9-11/h5,8-10,12H,2,4,6-7H2,1,3H3. The lowest BCUT2D eigenvalue weighted by molar-refractivity contribution is 0.508. The number of rotatable bonds is 6. The molecular formula is C11H19N3. The minimum absolute atomic E-state index is 0.576. The Hall–Kier alpha value is -1.09. The van der Waals surface area contributed by atoms with Gasteiger partial charge in [0.05, 0.1) is 6.20 Å². The second-order valence-electron chi connectivity index (χ2n) is 3.58. The van der Waals surface area contributed by atoms with Crippen molar-refractivity contribution in [2.45, 2.75) is 39.3 Å². The van der Waals surface area contributed by atoms with E-state index >= 15 is 0 Å². The van der Waals surface area contributed by atoms with E-state index in [0.29, 0.717) is 6.04 Å². The molecule has 0 bridgehead atoms. The molecule has 0 aromatic carbocycles. The fourth-order valence-electron chi connectivity index (χ4n) is 1.40. The zero-order chi connectivity index (χ0) is 10.4. The first-order chi connectivity index (χ1) is 6.76. The van der Waals surface area contributed by atoms with Crippen molar-refractivity contribution in [2.24, 2.45) is 0 Å². The summed E-state index contributed by atoms with van der Waals surface area (Å²) >= 11 is 0. The monoisotopic (exact) mass is 193 g/mol. The lowest BCUT2D eigenvalue weighted by Gasteiger charge is -2.10. The summed E-state index contributed by atoms with van der Waals surface area (Å²) in [5.41, 5.74) is 1.20. The summed E-state index contributed by atoms with van der Waals surface area (Å²) in [6, 6.07) is 0.576. The molecule has 1 rings (SSSR count). The maximum atomic E-state index is 4.12. The van der Waals surface area contributed by atoms with Gasteiger partial charge in [-0.15, -0.1) is 0 Å². The number of hydrogen-bond donors (Lipinski definition) is 1. The Balaban J connectivity index is 2.33. The summed E-state index contributed by atoms with van der Waals surface area (Å²) in [6.07, 6.45) is 7.99. The molecule has 1 aromatic rings. The highest BCUT2D eigenvalue weighted by atomic mass is 15.2. The molecule has 0 radical (unpaired) electrons. The average Bonchev–Trinajstić information content (AvgIpc) is 2.63. The van der Waals surface area contributed by atoms with Crippen LogP contribution >= 0.6 is 0 Å². The van der Waals surface area contributed by atoms with Gasteiger partial charge in [0, 0.05) is 30.5 Å². The third-order valence-electron chi connectivity index (χ3n) is 2.22. The van der Waals surface area contributed by atoms with Crippen LogP contribution in [-0.2, 0) is 6.54 Å². The molecule has 0 saturated heterocycles. The molecule has 3 nitrogen and oxygen atoms in total. The Morgan fingerprint density at radius 2 is 2.50 bits per heavy atom. The summed E-state index contributed by atoms with van der Waals surface area (Å²) < 4.78 is 1.72. The van der Waals surface area contributed by atoms with Crippen molar-refractivity contribution in [1.82, 2.24) is 15.1 Å². The molecular weight excluding hydrogens is 174 g/mol. The van der Waals surface area contributed by atoms with E-state index in [9.17, 15) is 0 Å². The summed E-state index contributed by atoms with van der Waals surface area (Å²) in [4.78, 5) is 0. The molecule has 0 saturated carbocycles. The molecule has 0 spiro atoms. The molecule has 0 fully saturated rings. The van der Waals surface area contributed by atoms with Crippen molar-refractivity contribution >= 4 is 6.20 Å². The molecule has 1 N–H and O–H groups in total. The Labute approximate surface area is 85.8 Å². The van der Waals surface area contributed by atoms with Crippen molar-refractivity contribution in [2.75, 3.05) is 0 Å². The van der Waals surface area contributed by atoms with Crippen LogP contribution in [0.15, 0.2) is 19.0 Å². The normalized spacial score (nSPS) is 12.7. The number of nitrogens with one attached hydrogen (secondary N) is 1. The third kappa shape index (κ3) is 3.34. The van der Waals surface area contributed by atoms with E-state index in [-0.39, 0.29) is 0 Å². The van der Waals surface area contributed by atoms with Crippen molar-refractivity contribution in [3.8, 4) is 0 Å². The van der Waals surface area contributed by atoms with E-state index in [4.69, 9.17) is 0 Å². The molecule has 78 valence electrons. The van der Waals surface area contributed by atoms with E-state index in [0.717, 1.165) is 6.54 Å². The first kappa shape index (κ1) is 11.0. The van der Waals surface area contributed by atoms with Crippen LogP contribution in [0.5, 0.6) is 0 Å². The zero-order valence-corrected chi connectivity index (χ0v) is 9.03. The predicted molar refractivity (Wildman–Crippen MR) is 59.8 cm³/mol. The third-order valence-corrected chi connectivity index (χ3v) is 2.22. The number of aromatic nitrogens is 2.